The first-order valence-corrected chi connectivity index (χ1v) is 11.1. The highest BCUT2D eigenvalue weighted by atomic mass is 32.1. The standard InChI is InChI=1S/C24H29N3O2S/c1-5-20-11-7-8-12-22(20)27(19(3)28)24-25-21(17-30-24)16-26(4)14-15-29-23-13-9-6-10-18(23)2/h6-13,17H,5,14-16H2,1-4H3. The molecule has 0 fully saturated rings. The Morgan fingerprint density at radius 1 is 1.13 bits per heavy atom. The number of carbonyl (C=O) groups excluding carboxylic acids is 1. The number of rotatable bonds is 9. The molecule has 3 rings (SSSR count). The van der Waals surface area contributed by atoms with Crippen molar-refractivity contribution in [1.82, 2.24) is 9.88 Å². The van der Waals surface area contributed by atoms with Crippen LogP contribution >= 0.6 is 11.3 Å². The van der Waals surface area contributed by atoms with Gasteiger partial charge in [-0.15, -0.1) is 11.3 Å². The van der Waals surface area contributed by atoms with Gasteiger partial charge >= 0.3 is 0 Å². The third kappa shape index (κ3) is 5.46. The summed E-state index contributed by atoms with van der Waals surface area (Å²) in [6.45, 7) is 7.83. The molecule has 0 saturated carbocycles. The molecule has 0 atom stereocenters. The molecule has 0 radical (unpaired) electrons. The van der Waals surface area contributed by atoms with E-state index in [1.807, 2.05) is 54.8 Å². The molecule has 30 heavy (non-hydrogen) atoms. The van der Waals surface area contributed by atoms with E-state index in [0.29, 0.717) is 18.3 Å². The summed E-state index contributed by atoms with van der Waals surface area (Å²) in [5.74, 6) is 0.894. The van der Waals surface area contributed by atoms with E-state index >= 15 is 0 Å². The Morgan fingerprint density at radius 3 is 2.60 bits per heavy atom. The second-order valence-electron chi connectivity index (χ2n) is 7.31. The van der Waals surface area contributed by atoms with Crippen molar-refractivity contribution in [2.24, 2.45) is 0 Å². The fraction of sp³-hybridized carbons (Fsp3) is 0.333. The van der Waals surface area contributed by atoms with Crippen LogP contribution in [0, 0.1) is 6.92 Å². The van der Waals surface area contributed by atoms with E-state index in [1.54, 1.807) is 11.8 Å². The Bertz CT molecular complexity index is 986. The molecule has 1 aromatic heterocycles. The zero-order chi connectivity index (χ0) is 21.5. The molecule has 0 aliphatic carbocycles. The Balaban J connectivity index is 1.63. The van der Waals surface area contributed by atoms with Crippen molar-refractivity contribution in [2.75, 3.05) is 25.1 Å². The minimum Gasteiger partial charge on any atom is -0.492 e. The van der Waals surface area contributed by atoms with E-state index < -0.39 is 0 Å². The lowest BCUT2D eigenvalue weighted by Gasteiger charge is -2.21. The van der Waals surface area contributed by atoms with Crippen LogP contribution in [0.15, 0.2) is 53.9 Å². The van der Waals surface area contributed by atoms with Gasteiger partial charge in [-0.2, -0.15) is 0 Å². The summed E-state index contributed by atoms with van der Waals surface area (Å²) in [5.41, 5.74) is 4.14. The van der Waals surface area contributed by atoms with E-state index in [1.165, 1.54) is 11.3 Å². The number of benzene rings is 2. The van der Waals surface area contributed by atoms with Crippen LogP contribution in [-0.2, 0) is 17.8 Å². The number of nitrogens with zero attached hydrogens (tertiary/aromatic N) is 3. The number of ether oxygens (including phenoxy) is 1. The number of likely N-dealkylation sites (N-methyl/N-ethyl adjacent to an activating group) is 1. The van der Waals surface area contributed by atoms with Gasteiger partial charge in [-0.1, -0.05) is 43.3 Å². The summed E-state index contributed by atoms with van der Waals surface area (Å²) >= 11 is 1.50. The largest absolute Gasteiger partial charge is 0.492 e. The maximum atomic E-state index is 12.4. The number of hydrogen-bond acceptors (Lipinski definition) is 5. The van der Waals surface area contributed by atoms with Crippen LogP contribution in [0.3, 0.4) is 0 Å². The molecule has 2 aromatic carbocycles. The number of para-hydroxylation sites is 2. The van der Waals surface area contributed by atoms with Crippen molar-refractivity contribution in [1.29, 1.82) is 0 Å². The van der Waals surface area contributed by atoms with Crippen molar-refractivity contribution in [3.63, 3.8) is 0 Å². The quantitative estimate of drug-likeness (QED) is 0.474. The van der Waals surface area contributed by atoms with Gasteiger partial charge in [-0.3, -0.25) is 14.6 Å². The minimum absolute atomic E-state index is 0.0308. The molecule has 6 heteroatoms. The van der Waals surface area contributed by atoms with E-state index in [0.717, 1.165) is 41.2 Å². The van der Waals surface area contributed by atoms with E-state index in [9.17, 15) is 4.79 Å². The van der Waals surface area contributed by atoms with Crippen LogP contribution in [0.2, 0.25) is 0 Å². The van der Waals surface area contributed by atoms with Gasteiger partial charge in [0.2, 0.25) is 5.91 Å². The molecule has 5 nitrogen and oxygen atoms in total. The Hall–Kier alpha value is -2.70. The summed E-state index contributed by atoms with van der Waals surface area (Å²) in [6, 6.07) is 16.0. The molecule has 0 saturated heterocycles. The van der Waals surface area contributed by atoms with Gasteiger partial charge in [0.25, 0.3) is 0 Å². The first-order valence-electron chi connectivity index (χ1n) is 10.2. The normalized spacial score (nSPS) is 11.0. The van der Waals surface area contributed by atoms with E-state index in [2.05, 4.69) is 24.9 Å². The highest BCUT2D eigenvalue weighted by molar-refractivity contribution is 7.14. The second kappa shape index (κ2) is 10.4. The third-order valence-electron chi connectivity index (χ3n) is 4.92. The van der Waals surface area contributed by atoms with Crippen LogP contribution in [0.4, 0.5) is 10.8 Å². The van der Waals surface area contributed by atoms with Crippen molar-refractivity contribution in [3.05, 3.63) is 70.7 Å². The Kier molecular flexibility index (Phi) is 7.60. The molecule has 0 N–H and O–H groups in total. The number of anilines is 2. The summed E-state index contributed by atoms with van der Waals surface area (Å²) in [4.78, 5) is 21.1. The van der Waals surface area contributed by atoms with Gasteiger partial charge in [0.05, 0.1) is 11.4 Å². The van der Waals surface area contributed by atoms with Crippen LogP contribution in [0.25, 0.3) is 0 Å². The summed E-state index contributed by atoms with van der Waals surface area (Å²) in [5, 5.41) is 2.74. The van der Waals surface area contributed by atoms with Crippen molar-refractivity contribution in [3.8, 4) is 5.75 Å². The molecule has 0 unspecified atom stereocenters. The SMILES string of the molecule is CCc1ccccc1N(C(C)=O)c1nc(CN(C)CCOc2ccccc2C)cs1. The number of amides is 1. The zero-order valence-electron chi connectivity index (χ0n) is 18.1. The smallest absolute Gasteiger partial charge is 0.230 e. The molecule has 0 aliphatic heterocycles. The average Bonchev–Trinajstić information content (AvgIpc) is 3.17. The third-order valence-corrected chi connectivity index (χ3v) is 5.79. The number of aryl methyl sites for hydroxylation is 2. The lowest BCUT2D eigenvalue weighted by atomic mass is 10.1. The van der Waals surface area contributed by atoms with Gasteiger partial charge in [0.15, 0.2) is 5.13 Å². The molecule has 3 aromatic rings. The van der Waals surface area contributed by atoms with Gasteiger partial charge in [0, 0.05) is 25.4 Å². The summed E-state index contributed by atoms with van der Waals surface area (Å²) in [7, 11) is 2.05. The van der Waals surface area contributed by atoms with Gasteiger partial charge in [0.1, 0.15) is 12.4 Å². The molecular formula is C24H29N3O2S. The lowest BCUT2D eigenvalue weighted by molar-refractivity contribution is -0.115. The van der Waals surface area contributed by atoms with Crippen molar-refractivity contribution >= 4 is 28.1 Å². The Morgan fingerprint density at radius 2 is 1.87 bits per heavy atom. The molecule has 1 heterocycles. The predicted molar refractivity (Wildman–Crippen MR) is 124 cm³/mol. The topological polar surface area (TPSA) is 45.7 Å². The van der Waals surface area contributed by atoms with Gasteiger partial charge in [-0.05, 0) is 43.7 Å². The van der Waals surface area contributed by atoms with Crippen LogP contribution in [0.5, 0.6) is 5.75 Å². The first-order chi connectivity index (χ1) is 14.5. The Labute approximate surface area is 182 Å². The maximum Gasteiger partial charge on any atom is 0.230 e. The lowest BCUT2D eigenvalue weighted by Crippen LogP contribution is -2.25. The molecular weight excluding hydrogens is 394 g/mol. The highest BCUT2D eigenvalue weighted by Gasteiger charge is 2.20. The summed E-state index contributed by atoms with van der Waals surface area (Å²) in [6.07, 6.45) is 0.863. The monoisotopic (exact) mass is 423 g/mol. The molecule has 0 aliphatic rings. The van der Waals surface area contributed by atoms with Crippen LogP contribution in [-0.4, -0.2) is 36.0 Å². The maximum absolute atomic E-state index is 12.4. The average molecular weight is 424 g/mol. The number of hydrogen-bond donors (Lipinski definition) is 0. The van der Waals surface area contributed by atoms with Crippen LogP contribution in [0.1, 0.15) is 30.7 Å². The molecule has 1 amide bonds. The second-order valence-corrected chi connectivity index (χ2v) is 8.15. The molecule has 158 valence electrons. The number of aromatic nitrogens is 1. The van der Waals surface area contributed by atoms with Crippen molar-refractivity contribution < 1.29 is 9.53 Å². The fourth-order valence-electron chi connectivity index (χ4n) is 3.29. The molecule has 0 spiro atoms. The highest BCUT2D eigenvalue weighted by Crippen LogP contribution is 2.32. The minimum atomic E-state index is -0.0308. The zero-order valence-corrected chi connectivity index (χ0v) is 18.9. The fourth-order valence-corrected chi connectivity index (χ4v) is 4.16. The van der Waals surface area contributed by atoms with Crippen molar-refractivity contribution in [2.45, 2.75) is 33.7 Å². The van der Waals surface area contributed by atoms with Gasteiger partial charge < -0.3 is 4.74 Å². The summed E-state index contributed by atoms with van der Waals surface area (Å²) < 4.78 is 5.89. The first kappa shape index (κ1) is 22.0. The predicted octanol–water partition coefficient (Wildman–Crippen LogP) is 5.21. The number of thiazole rings is 1. The van der Waals surface area contributed by atoms with E-state index in [-0.39, 0.29) is 5.91 Å². The van der Waals surface area contributed by atoms with Crippen LogP contribution < -0.4 is 9.64 Å². The van der Waals surface area contributed by atoms with E-state index in [4.69, 9.17) is 9.72 Å². The molecule has 0 bridgehead atoms. The number of carbonyl (C=O) groups is 1. The van der Waals surface area contributed by atoms with Gasteiger partial charge in [-0.25, -0.2) is 4.98 Å².